The Balaban J connectivity index is 2.01. The van der Waals surface area contributed by atoms with Crippen LogP contribution in [0, 0.1) is 5.82 Å². The van der Waals surface area contributed by atoms with Crippen LogP contribution in [0.2, 0.25) is 0 Å². The maximum atomic E-state index is 13.2. The molecule has 134 valence electrons. The van der Waals surface area contributed by atoms with Crippen molar-refractivity contribution < 1.29 is 9.13 Å². The molecule has 0 aliphatic carbocycles. The lowest BCUT2D eigenvalue weighted by molar-refractivity contribution is 0.0393. The summed E-state index contributed by atoms with van der Waals surface area (Å²) in [6, 6.07) is 5.86. The largest absolute Gasteiger partial charge is 0.378 e. The molecule has 6 nitrogen and oxygen atoms in total. The third-order valence-electron chi connectivity index (χ3n) is 4.19. The van der Waals surface area contributed by atoms with Crippen molar-refractivity contribution in [3.8, 4) is 5.69 Å². The monoisotopic (exact) mass is 346 g/mol. The average Bonchev–Trinajstić information content (AvgIpc) is 2.93. The van der Waals surface area contributed by atoms with E-state index in [1.165, 1.54) is 16.8 Å². The number of ether oxygens (including phenoxy) is 1. The van der Waals surface area contributed by atoms with Crippen LogP contribution in [0.3, 0.4) is 0 Å². The third kappa shape index (κ3) is 3.82. The zero-order chi connectivity index (χ0) is 17.8. The van der Waals surface area contributed by atoms with Gasteiger partial charge in [0.2, 0.25) is 0 Å². The number of rotatable bonds is 5. The summed E-state index contributed by atoms with van der Waals surface area (Å²) in [7, 11) is 0. The number of hydrogen-bond acceptors (Lipinski definition) is 4. The molecule has 0 atom stereocenters. The molecular formula is C18H23FN4O2. The highest BCUT2D eigenvalue weighted by molar-refractivity contribution is 5.99. The molecule has 0 spiro atoms. The van der Waals surface area contributed by atoms with Crippen LogP contribution in [0.5, 0.6) is 0 Å². The first kappa shape index (κ1) is 17.4. The Morgan fingerprint density at radius 1 is 1.28 bits per heavy atom. The quantitative estimate of drug-likeness (QED) is 0.845. The van der Waals surface area contributed by atoms with Gasteiger partial charge in [0.15, 0.2) is 0 Å². The number of morpholine rings is 1. The smallest absolute Gasteiger partial charge is 0.280 e. The van der Waals surface area contributed by atoms with Crippen LogP contribution in [0.25, 0.3) is 5.69 Å². The van der Waals surface area contributed by atoms with Crippen LogP contribution in [-0.4, -0.2) is 46.8 Å². The highest BCUT2D eigenvalue weighted by atomic mass is 19.1. The van der Waals surface area contributed by atoms with Crippen molar-refractivity contribution in [1.29, 1.82) is 0 Å². The SMILES string of the molecule is CCCc1[nH]n(-c2ccc(F)cc2)c(=O)c1C(C)=NN1CCOCC1. The fourth-order valence-electron chi connectivity index (χ4n) is 2.97. The summed E-state index contributed by atoms with van der Waals surface area (Å²) >= 11 is 0. The van der Waals surface area contributed by atoms with Crippen LogP contribution in [-0.2, 0) is 11.2 Å². The molecule has 7 heteroatoms. The normalized spacial score (nSPS) is 15.6. The van der Waals surface area contributed by atoms with E-state index in [1.807, 2.05) is 11.9 Å². The molecule has 1 saturated heterocycles. The van der Waals surface area contributed by atoms with Crippen molar-refractivity contribution in [3.05, 3.63) is 51.7 Å². The first-order valence-corrected chi connectivity index (χ1v) is 8.58. The Bertz CT molecular complexity index is 801. The number of aromatic amines is 1. The van der Waals surface area contributed by atoms with Gasteiger partial charge in [-0.05, 0) is 37.6 Å². The molecule has 0 unspecified atom stereocenters. The van der Waals surface area contributed by atoms with E-state index >= 15 is 0 Å². The molecule has 0 amide bonds. The number of nitrogens with zero attached hydrogens (tertiary/aromatic N) is 3. The predicted molar refractivity (Wildman–Crippen MR) is 94.9 cm³/mol. The lowest BCUT2D eigenvalue weighted by Crippen LogP contribution is -2.33. The topological polar surface area (TPSA) is 62.6 Å². The molecule has 0 saturated carbocycles. The van der Waals surface area contributed by atoms with Gasteiger partial charge >= 0.3 is 0 Å². The number of benzene rings is 1. The van der Waals surface area contributed by atoms with Gasteiger partial charge in [0, 0.05) is 5.69 Å². The Kier molecular flexibility index (Phi) is 5.33. The molecule has 1 aliphatic heterocycles. The van der Waals surface area contributed by atoms with Crippen molar-refractivity contribution in [2.75, 3.05) is 26.3 Å². The summed E-state index contributed by atoms with van der Waals surface area (Å²) in [6.45, 7) is 6.64. The highest BCUT2D eigenvalue weighted by Gasteiger charge is 2.19. The van der Waals surface area contributed by atoms with Crippen LogP contribution in [0.4, 0.5) is 4.39 Å². The molecule has 2 heterocycles. The zero-order valence-corrected chi connectivity index (χ0v) is 14.6. The molecule has 1 N–H and O–H groups in total. The predicted octanol–water partition coefficient (Wildman–Crippen LogP) is 2.31. The fraction of sp³-hybridized carbons (Fsp3) is 0.444. The summed E-state index contributed by atoms with van der Waals surface area (Å²) in [5.41, 5.74) is 2.58. The van der Waals surface area contributed by atoms with Crippen molar-refractivity contribution in [2.24, 2.45) is 5.10 Å². The molecule has 1 fully saturated rings. The standard InChI is InChI=1S/C18H23FN4O2/c1-3-4-16-17(13(2)20-22-9-11-25-12-10-22)18(24)23(21-16)15-7-5-14(19)6-8-15/h5-8,21H,3-4,9-12H2,1-2H3. The number of aryl methyl sites for hydroxylation is 1. The van der Waals surface area contributed by atoms with E-state index in [2.05, 4.69) is 17.1 Å². The van der Waals surface area contributed by atoms with Gasteiger partial charge in [-0.2, -0.15) is 5.10 Å². The average molecular weight is 346 g/mol. The van der Waals surface area contributed by atoms with Gasteiger partial charge in [0.1, 0.15) is 5.82 Å². The summed E-state index contributed by atoms with van der Waals surface area (Å²) < 4.78 is 20.0. The van der Waals surface area contributed by atoms with Gasteiger partial charge in [-0.15, -0.1) is 0 Å². The van der Waals surface area contributed by atoms with Gasteiger partial charge in [-0.25, -0.2) is 9.07 Å². The molecule has 3 rings (SSSR count). The van der Waals surface area contributed by atoms with E-state index in [9.17, 15) is 9.18 Å². The minimum absolute atomic E-state index is 0.162. The van der Waals surface area contributed by atoms with Crippen molar-refractivity contribution in [1.82, 2.24) is 14.8 Å². The molecule has 1 aromatic carbocycles. The first-order valence-electron chi connectivity index (χ1n) is 8.58. The van der Waals surface area contributed by atoms with Gasteiger partial charge in [-0.1, -0.05) is 13.3 Å². The molecular weight excluding hydrogens is 323 g/mol. The van der Waals surface area contributed by atoms with E-state index in [1.54, 1.807) is 12.1 Å². The van der Waals surface area contributed by atoms with Crippen molar-refractivity contribution >= 4 is 5.71 Å². The molecule has 1 aliphatic rings. The van der Waals surface area contributed by atoms with Crippen molar-refractivity contribution in [3.63, 3.8) is 0 Å². The lowest BCUT2D eigenvalue weighted by atomic mass is 10.1. The van der Waals surface area contributed by atoms with Gasteiger partial charge in [-0.3, -0.25) is 14.9 Å². The van der Waals surface area contributed by atoms with E-state index < -0.39 is 0 Å². The first-order chi connectivity index (χ1) is 12.1. The van der Waals surface area contributed by atoms with E-state index in [-0.39, 0.29) is 11.4 Å². The number of H-pyrrole nitrogens is 1. The summed E-state index contributed by atoms with van der Waals surface area (Å²) in [5.74, 6) is -0.331. The maximum Gasteiger partial charge on any atom is 0.280 e. The van der Waals surface area contributed by atoms with E-state index in [0.29, 0.717) is 30.2 Å². The van der Waals surface area contributed by atoms with E-state index in [4.69, 9.17) is 4.74 Å². The van der Waals surface area contributed by atoms with Crippen LogP contribution in [0.15, 0.2) is 34.2 Å². The Hall–Kier alpha value is -2.41. The fourth-order valence-corrected chi connectivity index (χ4v) is 2.97. The second-order valence-corrected chi connectivity index (χ2v) is 6.08. The van der Waals surface area contributed by atoms with Crippen molar-refractivity contribution in [2.45, 2.75) is 26.7 Å². The van der Waals surface area contributed by atoms with Crippen LogP contribution < -0.4 is 5.56 Å². The second-order valence-electron chi connectivity index (χ2n) is 6.08. The molecule has 25 heavy (non-hydrogen) atoms. The Morgan fingerprint density at radius 3 is 2.60 bits per heavy atom. The van der Waals surface area contributed by atoms with Gasteiger partial charge in [0.05, 0.1) is 43.3 Å². The minimum Gasteiger partial charge on any atom is -0.378 e. The number of hydrazone groups is 1. The summed E-state index contributed by atoms with van der Waals surface area (Å²) in [4.78, 5) is 12.9. The molecule has 0 bridgehead atoms. The molecule has 2 aromatic rings. The number of halogens is 1. The van der Waals surface area contributed by atoms with Crippen LogP contribution >= 0.6 is 0 Å². The highest BCUT2D eigenvalue weighted by Crippen LogP contribution is 2.12. The van der Waals surface area contributed by atoms with E-state index in [0.717, 1.165) is 31.6 Å². The molecule has 0 radical (unpaired) electrons. The number of nitrogens with one attached hydrogen (secondary N) is 1. The summed E-state index contributed by atoms with van der Waals surface area (Å²) in [5, 5.41) is 9.70. The third-order valence-corrected chi connectivity index (χ3v) is 4.19. The molecule has 1 aromatic heterocycles. The zero-order valence-electron chi connectivity index (χ0n) is 14.6. The second kappa shape index (κ2) is 7.65. The Labute approximate surface area is 145 Å². The van der Waals surface area contributed by atoms with Crippen LogP contribution in [0.1, 0.15) is 31.5 Å². The van der Waals surface area contributed by atoms with Gasteiger partial charge < -0.3 is 4.74 Å². The number of hydrogen-bond donors (Lipinski definition) is 1. The van der Waals surface area contributed by atoms with Gasteiger partial charge in [0.25, 0.3) is 5.56 Å². The maximum absolute atomic E-state index is 13.2. The summed E-state index contributed by atoms with van der Waals surface area (Å²) in [6.07, 6.45) is 1.65. The Morgan fingerprint density at radius 2 is 1.96 bits per heavy atom. The minimum atomic E-state index is -0.331. The number of aromatic nitrogens is 2. The lowest BCUT2D eigenvalue weighted by Gasteiger charge is -2.24.